The minimum Gasteiger partial charge on any atom is -0.358 e. The predicted molar refractivity (Wildman–Crippen MR) is 59.1 cm³/mol. The van der Waals surface area contributed by atoms with Gasteiger partial charge in [-0.1, -0.05) is 30.3 Å². The second-order valence-electron chi connectivity index (χ2n) is 3.50. The Hall–Kier alpha value is -2.17. The molecule has 0 aliphatic rings. The number of nitro groups is 1. The van der Waals surface area contributed by atoms with E-state index in [1.54, 1.807) is 10.9 Å². The number of nitrogens with zero attached hydrogens (tertiary/aromatic N) is 3. The largest absolute Gasteiger partial charge is 0.389 e. The molecule has 0 aliphatic carbocycles. The Morgan fingerprint density at radius 2 is 2.00 bits per heavy atom. The summed E-state index contributed by atoms with van der Waals surface area (Å²) in [6.45, 7) is 1.95. The Bertz CT molecular complexity index is 493. The van der Waals surface area contributed by atoms with Gasteiger partial charge >= 0.3 is 5.82 Å². The SMILES string of the molecule is C[C@H](c1ccccc1)n1ccc([N+](=O)[O-])n1. The van der Waals surface area contributed by atoms with Gasteiger partial charge in [-0.15, -0.1) is 0 Å². The number of hydrogen-bond acceptors (Lipinski definition) is 3. The Kier molecular flexibility index (Phi) is 2.68. The normalized spacial score (nSPS) is 12.3. The van der Waals surface area contributed by atoms with E-state index in [0.29, 0.717) is 0 Å². The van der Waals surface area contributed by atoms with Gasteiger partial charge in [0, 0.05) is 0 Å². The van der Waals surface area contributed by atoms with Gasteiger partial charge in [-0.05, 0) is 17.4 Å². The summed E-state index contributed by atoms with van der Waals surface area (Å²) in [6, 6.07) is 11.1. The third-order valence-electron chi connectivity index (χ3n) is 2.46. The molecule has 0 N–H and O–H groups in total. The Labute approximate surface area is 92.5 Å². The molecule has 1 aromatic carbocycles. The van der Waals surface area contributed by atoms with E-state index in [4.69, 9.17) is 0 Å². The molecule has 1 atom stereocenters. The first-order valence-electron chi connectivity index (χ1n) is 4.93. The molecule has 1 aromatic heterocycles. The summed E-state index contributed by atoms with van der Waals surface area (Å²) in [4.78, 5) is 10.0. The van der Waals surface area contributed by atoms with Crippen molar-refractivity contribution >= 4 is 5.82 Å². The molecular weight excluding hydrogens is 206 g/mol. The smallest absolute Gasteiger partial charge is 0.358 e. The molecule has 0 spiro atoms. The first-order chi connectivity index (χ1) is 7.68. The maximum Gasteiger partial charge on any atom is 0.389 e. The average molecular weight is 217 g/mol. The molecule has 0 bridgehead atoms. The fraction of sp³-hybridized carbons (Fsp3) is 0.182. The standard InChI is InChI=1S/C11H11N3O2/c1-9(10-5-3-2-4-6-10)13-8-7-11(12-13)14(15)16/h2-9H,1H3/t9-/m1/s1. The van der Waals surface area contributed by atoms with Crippen LogP contribution in [0, 0.1) is 10.1 Å². The molecule has 2 rings (SSSR count). The maximum absolute atomic E-state index is 10.5. The van der Waals surface area contributed by atoms with Crippen LogP contribution < -0.4 is 0 Å². The lowest BCUT2D eigenvalue weighted by Gasteiger charge is -2.08. The van der Waals surface area contributed by atoms with E-state index in [9.17, 15) is 10.1 Å². The molecule has 1 heterocycles. The lowest BCUT2D eigenvalue weighted by Crippen LogP contribution is -2.07. The minimum absolute atomic E-state index is 0.00472. The van der Waals surface area contributed by atoms with Crippen LogP contribution in [0.2, 0.25) is 0 Å². The summed E-state index contributed by atoms with van der Waals surface area (Å²) in [6.07, 6.45) is 1.62. The Balaban J connectivity index is 2.27. The molecule has 0 aliphatic heterocycles. The van der Waals surface area contributed by atoms with Crippen molar-refractivity contribution in [2.45, 2.75) is 13.0 Å². The molecule has 82 valence electrons. The minimum atomic E-state index is -0.492. The van der Waals surface area contributed by atoms with Crippen LogP contribution >= 0.6 is 0 Å². The van der Waals surface area contributed by atoms with Crippen molar-refractivity contribution in [3.63, 3.8) is 0 Å². The summed E-state index contributed by atoms with van der Waals surface area (Å²) in [5, 5.41) is 14.4. The fourth-order valence-corrected chi connectivity index (χ4v) is 1.53. The molecular formula is C11H11N3O2. The van der Waals surface area contributed by atoms with Crippen LogP contribution in [-0.2, 0) is 0 Å². The van der Waals surface area contributed by atoms with Crippen LogP contribution in [0.1, 0.15) is 18.5 Å². The third kappa shape index (κ3) is 1.93. The van der Waals surface area contributed by atoms with Crippen molar-refractivity contribution in [2.24, 2.45) is 0 Å². The van der Waals surface area contributed by atoms with Gasteiger partial charge in [-0.3, -0.25) is 0 Å². The highest BCUT2D eigenvalue weighted by Crippen LogP contribution is 2.18. The van der Waals surface area contributed by atoms with Gasteiger partial charge < -0.3 is 10.1 Å². The van der Waals surface area contributed by atoms with Crippen molar-refractivity contribution in [3.05, 3.63) is 58.3 Å². The highest BCUT2D eigenvalue weighted by atomic mass is 16.6. The fourth-order valence-electron chi connectivity index (χ4n) is 1.53. The molecule has 5 heteroatoms. The monoisotopic (exact) mass is 217 g/mol. The van der Waals surface area contributed by atoms with Crippen LogP contribution in [0.4, 0.5) is 5.82 Å². The van der Waals surface area contributed by atoms with Crippen LogP contribution in [0.5, 0.6) is 0 Å². The summed E-state index contributed by atoms with van der Waals surface area (Å²) in [5.41, 5.74) is 1.07. The number of aromatic nitrogens is 2. The van der Waals surface area contributed by atoms with Crippen LogP contribution in [-0.4, -0.2) is 14.7 Å². The van der Waals surface area contributed by atoms with Crippen molar-refractivity contribution < 1.29 is 4.92 Å². The topological polar surface area (TPSA) is 61.0 Å². The molecule has 0 amide bonds. The Morgan fingerprint density at radius 3 is 2.56 bits per heavy atom. The molecule has 2 aromatic rings. The van der Waals surface area contributed by atoms with Gasteiger partial charge in [0.05, 0.1) is 23.4 Å². The lowest BCUT2D eigenvalue weighted by atomic mass is 10.1. The first-order valence-corrected chi connectivity index (χ1v) is 4.93. The zero-order valence-corrected chi connectivity index (χ0v) is 8.78. The molecule has 0 saturated heterocycles. The van der Waals surface area contributed by atoms with Crippen LogP contribution in [0.3, 0.4) is 0 Å². The molecule has 0 fully saturated rings. The molecule has 5 nitrogen and oxygen atoms in total. The van der Waals surface area contributed by atoms with Crippen LogP contribution in [0.25, 0.3) is 0 Å². The summed E-state index contributed by atoms with van der Waals surface area (Å²) < 4.78 is 1.59. The van der Waals surface area contributed by atoms with Gasteiger partial charge in [0.25, 0.3) is 0 Å². The number of rotatable bonds is 3. The van der Waals surface area contributed by atoms with Gasteiger partial charge in [0.2, 0.25) is 0 Å². The summed E-state index contributed by atoms with van der Waals surface area (Å²) in [5.74, 6) is -0.122. The summed E-state index contributed by atoms with van der Waals surface area (Å²) >= 11 is 0. The number of hydrogen-bond donors (Lipinski definition) is 0. The van der Waals surface area contributed by atoms with Crippen molar-refractivity contribution in [1.29, 1.82) is 0 Å². The van der Waals surface area contributed by atoms with Gasteiger partial charge in [0.15, 0.2) is 0 Å². The summed E-state index contributed by atoms with van der Waals surface area (Å²) in [7, 11) is 0. The van der Waals surface area contributed by atoms with E-state index in [0.717, 1.165) is 5.56 Å². The zero-order chi connectivity index (χ0) is 11.5. The average Bonchev–Trinajstić information content (AvgIpc) is 2.78. The second-order valence-corrected chi connectivity index (χ2v) is 3.50. The van der Waals surface area contributed by atoms with E-state index in [2.05, 4.69) is 5.10 Å². The van der Waals surface area contributed by atoms with Gasteiger partial charge in [-0.2, -0.15) is 4.68 Å². The van der Waals surface area contributed by atoms with E-state index in [1.165, 1.54) is 6.07 Å². The van der Waals surface area contributed by atoms with E-state index in [1.807, 2.05) is 37.3 Å². The highest BCUT2D eigenvalue weighted by molar-refractivity contribution is 5.21. The second kappa shape index (κ2) is 4.14. The molecule has 0 radical (unpaired) electrons. The molecule has 16 heavy (non-hydrogen) atoms. The van der Waals surface area contributed by atoms with Gasteiger partial charge in [0.1, 0.15) is 0 Å². The highest BCUT2D eigenvalue weighted by Gasteiger charge is 2.16. The van der Waals surface area contributed by atoms with Crippen molar-refractivity contribution in [2.75, 3.05) is 0 Å². The van der Waals surface area contributed by atoms with Crippen molar-refractivity contribution in [1.82, 2.24) is 9.78 Å². The van der Waals surface area contributed by atoms with Crippen molar-refractivity contribution in [3.8, 4) is 0 Å². The Morgan fingerprint density at radius 1 is 1.31 bits per heavy atom. The van der Waals surface area contributed by atoms with Gasteiger partial charge in [-0.25, -0.2) is 0 Å². The predicted octanol–water partition coefficient (Wildman–Crippen LogP) is 2.40. The van der Waals surface area contributed by atoms with E-state index < -0.39 is 4.92 Å². The number of benzene rings is 1. The van der Waals surface area contributed by atoms with Crippen LogP contribution in [0.15, 0.2) is 42.6 Å². The third-order valence-corrected chi connectivity index (χ3v) is 2.46. The lowest BCUT2D eigenvalue weighted by molar-refractivity contribution is -0.389. The zero-order valence-electron chi connectivity index (χ0n) is 8.78. The quantitative estimate of drug-likeness (QED) is 0.585. The van der Waals surface area contributed by atoms with E-state index in [-0.39, 0.29) is 11.9 Å². The first kappa shape index (κ1) is 10.4. The molecule has 0 unspecified atom stereocenters. The molecule has 0 saturated carbocycles. The maximum atomic E-state index is 10.5. The van der Waals surface area contributed by atoms with E-state index >= 15 is 0 Å².